The van der Waals surface area contributed by atoms with Crippen molar-refractivity contribution in [3.05, 3.63) is 0 Å². The highest BCUT2D eigenvalue weighted by atomic mass is 16.5. The second kappa shape index (κ2) is 7.63. The molecule has 1 aliphatic carbocycles. The second-order valence-electron chi connectivity index (χ2n) is 4.71. The maximum atomic E-state index is 11.6. The molecule has 0 aromatic rings. The van der Waals surface area contributed by atoms with Gasteiger partial charge in [0.15, 0.2) is 0 Å². The van der Waals surface area contributed by atoms with Crippen LogP contribution in [0.2, 0.25) is 0 Å². The van der Waals surface area contributed by atoms with E-state index < -0.39 is 0 Å². The molecule has 0 spiro atoms. The molecule has 1 amide bonds. The van der Waals surface area contributed by atoms with Crippen molar-refractivity contribution in [2.24, 2.45) is 5.92 Å². The molecule has 1 rings (SSSR count). The van der Waals surface area contributed by atoms with Gasteiger partial charge in [0.05, 0.1) is 13.2 Å². The SMILES string of the molecule is COCCNCC(=O)NC1CCCC(C)C1. The normalized spacial score (nSPS) is 25.4. The van der Waals surface area contributed by atoms with Crippen LogP contribution in [0.1, 0.15) is 32.6 Å². The summed E-state index contributed by atoms with van der Waals surface area (Å²) in [7, 11) is 1.66. The van der Waals surface area contributed by atoms with E-state index in [0.717, 1.165) is 25.3 Å². The fraction of sp³-hybridized carbons (Fsp3) is 0.917. The molecule has 0 bridgehead atoms. The van der Waals surface area contributed by atoms with E-state index in [9.17, 15) is 4.79 Å². The van der Waals surface area contributed by atoms with Crippen molar-refractivity contribution in [2.45, 2.75) is 38.6 Å². The lowest BCUT2D eigenvalue weighted by Gasteiger charge is -2.27. The van der Waals surface area contributed by atoms with Crippen LogP contribution in [-0.2, 0) is 9.53 Å². The van der Waals surface area contributed by atoms with Crippen molar-refractivity contribution < 1.29 is 9.53 Å². The van der Waals surface area contributed by atoms with Crippen LogP contribution in [0.4, 0.5) is 0 Å². The molecule has 1 fully saturated rings. The van der Waals surface area contributed by atoms with Crippen LogP contribution in [0.5, 0.6) is 0 Å². The Morgan fingerprint density at radius 2 is 2.25 bits per heavy atom. The molecule has 0 radical (unpaired) electrons. The van der Waals surface area contributed by atoms with E-state index in [-0.39, 0.29) is 5.91 Å². The van der Waals surface area contributed by atoms with Crippen molar-refractivity contribution in [1.29, 1.82) is 0 Å². The first-order chi connectivity index (χ1) is 7.72. The molecule has 0 aromatic carbocycles. The van der Waals surface area contributed by atoms with Crippen molar-refractivity contribution >= 4 is 5.91 Å². The van der Waals surface area contributed by atoms with Gasteiger partial charge < -0.3 is 15.4 Å². The summed E-state index contributed by atoms with van der Waals surface area (Å²) in [6.07, 6.45) is 4.81. The number of ether oxygens (including phenoxy) is 1. The second-order valence-corrected chi connectivity index (χ2v) is 4.71. The number of hydrogen-bond acceptors (Lipinski definition) is 3. The standard InChI is InChI=1S/C12H24N2O2/c1-10-4-3-5-11(8-10)14-12(15)9-13-6-7-16-2/h10-11,13H,3-9H2,1-2H3,(H,14,15). The molecule has 4 heteroatoms. The van der Waals surface area contributed by atoms with E-state index in [4.69, 9.17) is 4.74 Å². The quantitative estimate of drug-likeness (QED) is 0.665. The monoisotopic (exact) mass is 228 g/mol. The first-order valence-corrected chi connectivity index (χ1v) is 6.21. The number of amides is 1. The van der Waals surface area contributed by atoms with Gasteiger partial charge in [0.1, 0.15) is 0 Å². The summed E-state index contributed by atoms with van der Waals surface area (Å²) in [6, 6.07) is 0.389. The highest BCUT2D eigenvalue weighted by Gasteiger charge is 2.19. The van der Waals surface area contributed by atoms with Crippen LogP contribution in [0.25, 0.3) is 0 Å². The van der Waals surface area contributed by atoms with Crippen LogP contribution in [0.15, 0.2) is 0 Å². The summed E-state index contributed by atoms with van der Waals surface area (Å²) < 4.78 is 4.89. The summed E-state index contributed by atoms with van der Waals surface area (Å²) >= 11 is 0. The summed E-state index contributed by atoms with van der Waals surface area (Å²) in [5.74, 6) is 0.857. The van der Waals surface area contributed by atoms with Crippen molar-refractivity contribution in [3.8, 4) is 0 Å². The van der Waals surface area contributed by atoms with Gasteiger partial charge in [0.2, 0.25) is 5.91 Å². The molecule has 0 heterocycles. The first-order valence-electron chi connectivity index (χ1n) is 6.21. The highest BCUT2D eigenvalue weighted by Crippen LogP contribution is 2.23. The van der Waals surface area contributed by atoms with Crippen molar-refractivity contribution in [3.63, 3.8) is 0 Å². The molecular weight excluding hydrogens is 204 g/mol. The lowest BCUT2D eigenvalue weighted by Crippen LogP contribution is -2.42. The number of rotatable bonds is 6. The number of nitrogens with one attached hydrogen (secondary N) is 2. The average Bonchev–Trinajstić information content (AvgIpc) is 2.24. The predicted molar refractivity (Wildman–Crippen MR) is 64.3 cm³/mol. The Balaban J connectivity index is 2.08. The minimum atomic E-state index is 0.107. The average molecular weight is 228 g/mol. The van der Waals surface area contributed by atoms with Gasteiger partial charge in [0.25, 0.3) is 0 Å². The van der Waals surface area contributed by atoms with Gasteiger partial charge >= 0.3 is 0 Å². The van der Waals surface area contributed by atoms with Gasteiger partial charge in [-0.05, 0) is 18.8 Å². The fourth-order valence-electron chi connectivity index (χ4n) is 2.22. The summed E-state index contributed by atoms with van der Waals surface area (Å²) in [4.78, 5) is 11.6. The molecule has 2 N–H and O–H groups in total. The molecule has 1 aliphatic rings. The molecule has 2 atom stereocenters. The van der Waals surface area contributed by atoms with E-state index in [1.54, 1.807) is 7.11 Å². The maximum absolute atomic E-state index is 11.6. The molecule has 16 heavy (non-hydrogen) atoms. The van der Waals surface area contributed by atoms with E-state index >= 15 is 0 Å². The van der Waals surface area contributed by atoms with Gasteiger partial charge in [-0.25, -0.2) is 0 Å². The van der Waals surface area contributed by atoms with Crippen LogP contribution < -0.4 is 10.6 Å². The number of carbonyl (C=O) groups excluding carboxylic acids is 1. The van der Waals surface area contributed by atoms with E-state index in [2.05, 4.69) is 17.6 Å². The smallest absolute Gasteiger partial charge is 0.234 e. The Morgan fingerprint density at radius 3 is 2.94 bits per heavy atom. The van der Waals surface area contributed by atoms with Crippen LogP contribution in [-0.4, -0.2) is 38.8 Å². The third-order valence-corrected chi connectivity index (χ3v) is 3.07. The van der Waals surface area contributed by atoms with Crippen molar-refractivity contribution in [2.75, 3.05) is 26.8 Å². The van der Waals surface area contributed by atoms with E-state index in [1.807, 2.05) is 0 Å². The van der Waals surface area contributed by atoms with E-state index in [1.165, 1.54) is 12.8 Å². The third-order valence-electron chi connectivity index (χ3n) is 3.07. The van der Waals surface area contributed by atoms with Crippen LogP contribution in [0.3, 0.4) is 0 Å². The minimum absolute atomic E-state index is 0.107. The molecule has 0 saturated heterocycles. The van der Waals surface area contributed by atoms with Gasteiger partial charge in [0, 0.05) is 19.7 Å². The van der Waals surface area contributed by atoms with Crippen molar-refractivity contribution in [1.82, 2.24) is 10.6 Å². The highest BCUT2D eigenvalue weighted by molar-refractivity contribution is 5.78. The summed E-state index contributed by atoms with van der Waals surface area (Å²) in [6.45, 7) is 4.03. The largest absolute Gasteiger partial charge is 0.383 e. The minimum Gasteiger partial charge on any atom is -0.383 e. The zero-order chi connectivity index (χ0) is 11.8. The first kappa shape index (κ1) is 13.5. The van der Waals surface area contributed by atoms with Gasteiger partial charge in [-0.2, -0.15) is 0 Å². The Bertz CT molecular complexity index is 209. The van der Waals surface area contributed by atoms with Crippen LogP contribution in [0, 0.1) is 5.92 Å². The molecule has 94 valence electrons. The predicted octanol–water partition coefficient (Wildman–Crippen LogP) is 0.917. The fourth-order valence-corrected chi connectivity index (χ4v) is 2.22. The Morgan fingerprint density at radius 1 is 1.44 bits per heavy atom. The number of carbonyl (C=O) groups is 1. The Kier molecular flexibility index (Phi) is 6.42. The third kappa shape index (κ3) is 5.47. The van der Waals surface area contributed by atoms with Crippen LogP contribution >= 0.6 is 0 Å². The molecule has 1 saturated carbocycles. The van der Waals surface area contributed by atoms with E-state index in [0.29, 0.717) is 19.2 Å². The molecule has 2 unspecified atom stereocenters. The number of methoxy groups -OCH3 is 1. The summed E-state index contributed by atoms with van der Waals surface area (Å²) in [5.41, 5.74) is 0. The molecule has 0 aromatic heterocycles. The molecule has 0 aliphatic heterocycles. The van der Waals surface area contributed by atoms with Gasteiger partial charge in [-0.15, -0.1) is 0 Å². The number of hydrogen-bond donors (Lipinski definition) is 2. The maximum Gasteiger partial charge on any atom is 0.234 e. The topological polar surface area (TPSA) is 50.4 Å². The zero-order valence-corrected chi connectivity index (χ0v) is 10.4. The summed E-state index contributed by atoms with van der Waals surface area (Å²) in [5, 5.41) is 6.13. The Labute approximate surface area is 98.1 Å². The lowest BCUT2D eigenvalue weighted by molar-refractivity contribution is -0.121. The molecule has 4 nitrogen and oxygen atoms in total. The van der Waals surface area contributed by atoms with Gasteiger partial charge in [-0.3, -0.25) is 4.79 Å². The Hall–Kier alpha value is -0.610. The van der Waals surface area contributed by atoms with Gasteiger partial charge in [-0.1, -0.05) is 19.8 Å². The lowest BCUT2D eigenvalue weighted by atomic mass is 9.87. The molecular formula is C12H24N2O2. The zero-order valence-electron chi connectivity index (χ0n) is 10.4.